The molecule has 0 spiro atoms. The van der Waals surface area contributed by atoms with Crippen molar-refractivity contribution >= 4 is 11.9 Å². The summed E-state index contributed by atoms with van der Waals surface area (Å²) in [6, 6.07) is 0. The molecule has 0 amide bonds. The topological polar surface area (TPSA) is 63.6 Å². The van der Waals surface area contributed by atoms with Gasteiger partial charge in [0.05, 0.1) is 5.41 Å². The SMILES string of the molecule is CC(=O)OC1CCC2(C)C3CCC4C(=CCC5(C(=O)O)CCC(C)(C)CC45)C3(C)CCC2C1(C)C. The molecule has 5 rings (SSSR count). The zero-order valence-electron chi connectivity index (χ0n) is 23.2. The molecule has 4 nitrogen and oxygen atoms in total. The Kier molecular flexibility index (Phi) is 5.67. The molecule has 0 saturated heterocycles. The molecule has 0 radical (unpaired) electrons. The van der Waals surface area contributed by atoms with Crippen LogP contribution in [0, 0.1) is 50.7 Å². The molecule has 8 unspecified atom stereocenters. The minimum absolute atomic E-state index is 0.00770. The van der Waals surface area contributed by atoms with E-state index in [0.717, 1.165) is 44.9 Å². The van der Waals surface area contributed by atoms with E-state index < -0.39 is 11.4 Å². The Morgan fingerprint density at radius 2 is 1.63 bits per heavy atom. The molecule has 0 aromatic carbocycles. The quantitative estimate of drug-likeness (QED) is 0.327. The molecule has 196 valence electrons. The van der Waals surface area contributed by atoms with Crippen molar-refractivity contribution in [2.24, 2.45) is 50.7 Å². The maximum absolute atomic E-state index is 12.7. The van der Waals surface area contributed by atoms with Crippen LogP contribution in [-0.4, -0.2) is 23.1 Å². The number of hydrogen-bond acceptors (Lipinski definition) is 3. The highest BCUT2D eigenvalue weighted by atomic mass is 16.5. The molecule has 35 heavy (non-hydrogen) atoms. The van der Waals surface area contributed by atoms with E-state index in [1.165, 1.54) is 19.3 Å². The molecule has 5 aliphatic rings. The third kappa shape index (κ3) is 3.51. The van der Waals surface area contributed by atoms with Gasteiger partial charge in [-0.1, -0.05) is 53.2 Å². The van der Waals surface area contributed by atoms with Crippen molar-refractivity contribution in [2.45, 2.75) is 119 Å². The molecule has 4 fully saturated rings. The van der Waals surface area contributed by atoms with E-state index in [1.54, 1.807) is 12.5 Å². The van der Waals surface area contributed by atoms with Crippen molar-refractivity contribution in [1.29, 1.82) is 0 Å². The smallest absolute Gasteiger partial charge is 0.310 e. The van der Waals surface area contributed by atoms with Crippen molar-refractivity contribution < 1.29 is 19.4 Å². The molecule has 0 heterocycles. The van der Waals surface area contributed by atoms with Crippen molar-refractivity contribution in [3.8, 4) is 0 Å². The first kappa shape index (κ1) is 25.3. The van der Waals surface area contributed by atoms with Gasteiger partial charge in [-0.05, 0) is 104 Å². The first-order chi connectivity index (χ1) is 16.2. The van der Waals surface area contributed by atoms with Crippen LogP contribution in [0.4, 0.5) is 0 Å². The summed E-state index contributed by atoms with van der Waals surface area (Å²) in [6.07, 6.45) is 12.8. The number of aliphatic carboxylic acids is 1. The van der Waals surface area contributed by atoms with Gasteiger partial charge in [0.25, 0.3) is 0 Å². The van der Waals surface area contributed by atoms with Gasteiger partial charge >= 0.3 is 11.9 Å². The average Bonchev–Trinajstić information content (AvgIpc) is 2.74. The molecular formula is C31H48O4. The maximum Gasteiger partial charge on any atom is 0.310 e. The number of esters is 1. The largest absolute Gasteiger partial charge is 0.481 e. The van der Waals surface area contributed by atoms with Gasteiger partial charge in [-0.3, -0.25) is 9.59 Å². The lowest BCUT2D eigenvalue weighted by molar-refractivity contribution is -0.195. The first-order valence-electron chi connectivity index (χ1n) is 14.3. The fourth-order valence-electron chi connectivity index (χ4n) is 10.7. The van der Waals surface area contributed by atoms with E-state index in [1.807, 2.05) is 0 Å². The Morgan fingerprint density at radius 1 is 0.914 bits per heavy atom. The highest BCUT2D eigenvalue weighted by Crippen LogP contribution is 2.72. The molecule has 0 bridgehead atoms. The summed E-state index contributed by atoms with van der Waals surface area (Å²) < 4.78 is 5.85. The molecule has 4 heteroatoms. The van der Waals surface area contributed by atoms with E-state index >= 15 is 0 Å². The number of rotatable bonds is 2. The fourth-order valence-corrected chi connectivity index (χ4v) is 10.7. The van der Waals surface area contributed by atoms with Crippen LogP contribution >= 0.6 is 0 Å². The number of allylic oxidation sites excluding steroid dienone is 2. The van der Waals surface area contributed by atoms with Gasteiger partial charge in [-0.2, -0.15) is 0 Å². The van der Waals surface area contributed by atoms with Gasteiger partial charge in [0, 0.05) is 12.3 Å². The molecular weight excluding hydrogens is 436 g/mol. The van der Waals surface area contributed by atoms with E-state index in [0.29, 0.717) is 17.8 Å². The molecule has 5 aliphatic carbocycles. The Balaban J connectivity index is 1.50. The lowest BCUT2D eigenvalue weighted by Gasteiger charge is -2.68. The predicted molar refractivity (Wildman–Crippen MR) is 138 cm³/mol. The summed E-state index contributed by atoms with van der Waals surface area (Å²) in [7, 11) is 0. The molecule has 4 saturated carbocycles. The standard InChI is InChI=1S/C31H48O4/c1-19(32)35-25-12-14-30(7)23(28(25,4)5)11-13-29(6)21-10-15-31(26(33)34)17-16-27(2,3)18-22(31)20(21)8-9-24(29)30/h10,20,22-25H,8-9,11-18H2,1-7H3,(H,33,34). The second-order valence-corrected chi connectivity index (χ2v) is 15.0. The Morgan fingerprint density at radius 3 is 2.29 bits per heavy atom. The summed E-state index contributed by atoms with van der Waals surface area (Å²) >= 11 is 0. The van der Waals surface area contributed by atoms with Crippen LogP contribution in [0.2, 0.25) is 0 Å². The Bertz CT molecular complexity index is 946. The van der Waals surface area contributed by atoms with Gasteiger partial charge in [0.1, 0.15) is 6.10 Å². The average molecular weight is 485 g/mol. The number of carbonyl (C=O) groups is 2. The number of fused-ring (bicyclic) bond motifs is 7. The second-order valence-electron chi connectivity index (χ2n) is 15.0. The Hall–Kier alpha value is -1.32. The summed E-state index contributed by atoms with van der Waals surface area (Å²) in [5.74, 6) is 1.13. The van der Waals surface area contributed by atoms with Crippen LogP contribution in [0.25, 0.3) is 0 Å². The van der Waals surface area contributed by atoms with E-state index in [9.17, 15) is 14.7 Å². The minimum atomic E-state index is -0.557. The van der Waals surface area contributed by atoms with Crippen LogP contribution in [0.3, 0.4) is 0 Å². The maximum atomic E-state index is 12.7. The van der Waals surface area contributed by atoms with Crippen molar-refractivity contribution in [3.63, 3.8) is 0 Å². The zero-order valence-corrected chi connectivity index (χ0v) is 23.2. The number of hydrogen-bond donors (Lipinski definition) is 1. The summed E-state index contributed by atoms with van der Waals surface area (Å²) in [4.78, 5) is 24.6. The normalized spacial score (nSPS) is 47.7. The Labute approximate surface area is 212 Å². The van der Waals surface area contributed by atoms with Gasteiger partial charge < -0.3 is 9.84 Å². The van der Waals surface area contributed by atoms with Gasteiger partial charge in [0.15, 0.2) is 0 Å². The highest BCUT2D eigenvalue weighted by Gasteiger charge is 2.66. The molecule has 0 aliphatic heterocycles. The van der Waals surface area contributed by atoms with Crippen LogP contribution in [-0.2, 0) is 14.3 Å². The van der Waals surface area contributed by atoms with Crippen LogP contribution in [0.5, 0.6) is 0 Å². The second kappa shape index (κ2) is 7.84. The van der Waals surface area contributed by atoms with Crippen LogP contribution in [0.1, 0.15) is 113 Å². The van der Waals surface area contributed by atoms with E-state index in [2.05, 4.69) is 47.6 Å². The van der Waals surface area contributed by atoms with Crippen molar-refractivity contribution in [3.05, 3.63) is 11.6 Å². The summed E-state index contributed by atoms with van der Waals surface area (Å²) in [5.41, 5.74) is 1.65. The number of ether oxygens (including phenoxy) is 1. The molecule has 0 aromatic rings. The van der Waals surface area contributed by atoms with Crippen LogP contribution < -0.4 is 0 Å². The fraction of sp³-hybridized carbons (Fsp3) is 0.871. The van der Waals surface area contributed by atoms with Crippen molar-refractivity contribution in [2.75, 3.05) is 0 Å². The third-order valence-electron chi connectivity index (χ3n) is 12.4. The van der Waals surface area contributed by atoms with Crippen LogP contribution in [0.15, 0.2) is 11.6 Å². The minimum Gasteiger partial charge on any atom is -0.481 e. The highest BCUT2D eigenvalue weighted by molar-refractivity contribution is 5.76. The first-order valence-corrected chi connectivity index (χ1v) is 14.3. The van der Waals surface area contributed by atoms with Crippen molar-refractivity contribution in [1.82, 2.24) is 0 Å². The monoisotopic (exact) mass is 484 g/mol. The summed E-state index contributed by atoms with van der Waals surface area (Å²) in [6.45, 7) is 16.0. The predicted octanol–water partition coefficient (Wildman–Crippen LogP) is 7.41. The number of carboxylic acid groups (broad SMARTS) is 1. The zero-order chi connectivity index (χ0) is 25.6. The number of carbonyl (C=O) groups excluding carboxylic acids is 1. The third-order valence-corrected chi connectivity index (χ3v) is 12.4. The van der Waals surface area contributed by atoms with E-state index in [4.69, 9.17) is 4.74 Å². The lowest BCUT2D eigenvalue weighted by atomic mass is 9.37. The lowest BCUT2D eigenvalue weighted by Crippen LogP contribution is -2.62. The van der Waals surface area contributed by atoms with Gasteiger partial charge in [-0.15, -0.1) is 0 Å². The number of carboxylic acids is 1. The molecule has 1 N–H and O–H groups in total. The summed E-state index contributed by atoms with van der Waals surface area (Å²) in [5, 5.41) is 10.5. The molecule has 0 aromatic heterocycles. The van der Waals surface area contributed by atoms with Gasteiger partial charge in [0.2, 0.25) is 0 Å². The van der Waals surface area contributed by atoms with Gasteiger partial charge in [-0.25, -0.2) is 0 Å². The van der Waals surface area contributed by atoms with E-state index in [-0.39, 0.29) is 39.7 Å². The molecule has 8 atom stereocenters.